The van der Waals surface area contributed by atoms with Gasteiger partial charge in [-0.05, 0) is 55.3 Å². The number of aryl methyl sites for hydroxylation is 1. The zero-order valence-electron chi connectivity index (χ0n) is 16.1. The van der Waals surface area contributed by atoms with Crippen LogP contribution in [0.25, 0.3) is 0 Å². The van der Waals surface area contributed by atoms with Crippen LogP contribution in [0.2, 0.25) is 0 Å². The molecule has 0 saturated heterocycles. The molecule has 0 aliphatic rings. The van der Waals surface area contributed by atoms with Crippen LogP contribution in [0, 0.1) is 6.92 Å². The molecule has 0 aliphatic carbocycles. The Morgan fingerprint density at radius 2 is 1.70 bits per heavy atom. The topological polar surface area (TPSA) is 43.4 Å². The minimum absolute atomic E-state index is 0.197. The van der Waals surface area contributed by atoms with Crippen molar-refractivity contribution in [3.63, 3.8) is 0 Å². The Morgan fingerprint density at radius 3 is 2.41 bits per heavy atom. The van der Waals surface area contributed by atoms with Gasteiger partial charge in [0, 0.05) is 30.5 Å². The Labute approximate surface area is 161 Å². The summed E-state index contributed by atoms with van der Waals surface area (Å²) in [7, 11) is 1.71. The van der Waals surface area contributed by atoms with Gasteiger partial charge in [-0.15, -0.1) is 0 Å². The molecule has 140 valence electrons. The third kappa shape index (κ3) is 5.31. The number of benzene rings is 2. The van der Waals surface area contributed by atoms with E-state index >= 15 is 0 Å². The lowest BCUT2D eigenvalue weighted by Crippen LogP contribution is -2.18. The van der Waals surface area contributed by atoms with Gasteiger partial charge < -0.3 is 14.8 Å². The van der Waals surface area contributed by atoms with Crippen molar-refractivity contribution in [3.05, 3.63) is 89.2 Å². The summed E-state index contributed by atoms with van der Waals surface area (Å²) < 4.78 is 11.3. The van der Waals surface area contributed by atoms with Crippen molar-refractivity contribution in [1.82, 2.24) is 10.3 Å². The molecule has 0 amide bonds. The average molecular weight is 362 g/mol. The highest BCUT2D eigenvalue weighted by Crippen LogP contribution is 2.26. The van der Waals surface area contributed by atoms with Gasteiger partial charge in [0.1, 0.15) is 18.1 Å². The molecule has 0 radical (unpaired) electrons. The first kappa shape index (κ1) is 18.9. The number of methoxy groups -OCH3 is 1. The lowest BCUT2D eigenvalue weighted by molar-refractivity contribution is 0.306. The van der Waals surface area contributed by atoms with Gasteiger partial charge in [0.05, 0.1) is 7.11 Å². The van der Waals surface area contributed by atoms with Crippen LogP contribution in [0.15, 0.2) is 67.0 Å². The Morgan fingerprint density at radius 1 is 0.963 bits per heavy atom. The summed E-state index contributed by atoms with van der Waals surface area (Å²) in [5.74, 6) is 1.78. The second kappa shape index (κ2) is 9.19. The molecule has 3 aromatic rings. The van der Waals surface area contributed by atoms with E-state index in [0.29, 0.717) is 6.61 Å². The average Bonchev–Trinajstić information content (AvgIpc) is 2.72. The number of nitrogens with zero attached hydrogens (tertiary/aromatic N) is 1. The van der Waals surface area contributed by atoms with Crippen LogP contribution >= 0.6 is 0 Å². The van der Waals surface area contributed by atoms with Crippen LogP contribution in [0.5, 0.6) is 11.5 Å². The van der Waals surface area contributed by atoms with Gasteiger partial charge in [-0.2, -0.15) is 0 Å². The third-order valence-corrected chi connectivity index (χ3v) is 4.54. The standard InChI is InChI=1S/C23H26N2O2/c1-17-4-9-23(26-3)22(14-17)18(2)25-15-19-5-7-21(8-6-19)27-16-20-10-12-24-13-11-20/h4-14,18,25H,15-16H2,1-3H3/t18-/m0/s1. The molecule has 1 N–H and O–H groups in total. The number of ether oxygens (including phenoxy) is 2. The lowest BCUT2D eigenvalue weighted by atomic mass is 10.0. The van der Waals surface area contributed by atoms with E-state index in [4.69, 9.17) is 9.47 Å². The molecule has 3 rings (SSSR count). The molecule has 2 aromatic carbocycles. The van der Waals surface area contributed by atoms with Crippen LogP contribution in [0.1, 0.15) is 35.2 Å². The molecular formula is C23H26N2O2. The number of aromatic nitrogens is 1. The van der Waals surface area contributed by atoms with Crippen molar-refractivity contribution in [2.45, 2.75) is 33.0 Å². The highest BCUT2D eigenvalue weighted by molar-refractivity contribution is 5.39. The van der Waals surface area contributed by atoms with Crippen LogP contribution in [-0.2, 0) is 13.2 Å². The Hall–Kier alpha value is -2.85. The Bertz CT molecular complexity index is 848. The molecule has 0 unspecified atom stereocenters. The Balaban J connectivity index is 1.55. The van der Waals surface area contributed by atoms with E-state index in [1.165, 1.54) is 16.7 Å². The first-order valence-corrected chi connectivity index (χ1v) is 9.14. The summed E-state index contributed by atoms with van der Waals surface area (Å²) in [6, 6.07) is 18.6. The van der Waals surface area contributed by atoms with Crippen LogP contribution < -0.4 is 14.8 Å². The molecule has 4 nitrogen and oxygen atoms in total. The fourth-order valence-corrected chi connectivity index (χ4v) is 2.92. The minimum Gasteiger partial charge on any atom is -0.496 e. The van der Waals surface area contributed by atoms with Gasteiger partial charge in [0.15, 0.2) is 0 Å². The molecular weight excluding hydrogens is 336 g/mol. The molecule has 1 atom stereocenters. The number of rotatable bonds is 8. The van der Waals surface area contributed by atoms with Crippen LogP contribution in [0.4, 0.5) is 0 Å². The van der Waals surface area contributed by atoms with Crippen molar-refractivity contribution < 1.29 is 9.47 Å². The molecule has 1 heterocycles. The van der Waals surface area contributed by atoms with E-state index in [-0.39, 0.29) is 6.04 Å². The number of hydrogen-bond acceptors (Lipinski definition) is 4. The fraction of sp³-hybridized carbons (Fsp3) is 0.261. The van der Waals surface area contributed by atoms with E-state index in [2.05, 4.69) is 48.4 Å². The second-order valence-electron chi connectivity index (χ2n) is 6.64. The van der Waals surface area contributed by atoms with E-state index in [1.54, 1.807) is 19.5 Å². The van der Waals surface area contributed by atoms with Gasteiger partial charge in [-0.25, -0.2) is 0 Å². The molecule has 0 aliphatic heterocycles. The summed E-state index contributed by atoms with van der Waals surface area (Å²) >= 11 is 0. The normalized spacial score (nSPS) is 11.8. The summed E-state index contributed by atoms with van der Waals surface area (Å²) in [5, 5.41) is 3.57. The molecule has 4 heteroatoms. The number of nitrogens with one attached hydrogen (secondary N) is 1. The summed E-state index contributed by atoms with van der Waals surface area (Å²) in [4.78, 5) is 4.01. The molecule has 0 spiro atoms. The van der Waals surface area contributed by atoms with Crippen LogP contribution in [-0.4, -0.2) is 12.1 Å². The lowest BCUT2D eigenvalue weighted by Gasteiger charge is -2.18. The SMILES string of the molecule is COc1ccc(C)cc1[C@H](C)NCc1ccc(OCc2ccncc2)cc1. The zero-order chi connectivity index (χ0) is 19.1. The summed E-state index contributed by atoms with van der Waals surface area (Å²) in [5.41, 5.74) is 4.73. The van der Waals surface area contributed by atoms with E-state index in [9.17, 15) is 0 Å². The first-order valence-electron chi connectivity index (χ1n) is 9.14. The quantitative estimate of drug-likeness (QED) is 0.623. The van der Waals surface area contributed by atoms with Crippen molar-refractivity contribution in [1.29, 1.82) is 0 Å². The highest BCUT2D eigenvalue weighted by atomic mass is 16.5. The van der Waals surface area contributed by atoms with Crippen molar-refractivity contribution in [2.75, 3.05) is 7.11 Å². The number of pyridine rings is 1. The highest BCUT2D eigenvalue weighted by Gasteiger charge is 2.11. The van der Waals surface area contributed by atoms with Gasteiger partial charge in [0.2, 0.25) is 0 Å². The summed E-state index contributed by atoms with van der Waals surface area (Å²) in [6.07, 6.45) is 3.55. The van der Waals surface area contributed by atoms with Gasteiger partial charge in [-0.3, -0.25) is 4.98 Å². The molecule has 0 fully saturated rings. The van der Waals surface area contributed by atoms with Gasteiger partial charge in [-0.1, -0.05) is 29.8 Å². The maximum Gasteiger partial charge on any atom is 0.123 e. The zero-order valence-corrected chi connectivity index (χ0v) is 16.1. The molecule has 1 aromatic heterocycles. The van der Waals surface area contributed by atoms with Crippen molar-refractivity contribution in [3.8, 4) is 11.5 Å². The molecule has 27 heavy (non-hydrogen) atoms. The van der Waals surface area contributed by atoms with Gasteiger partial charge in [0.25, 0.3) is 0 Å². The van der Waals surface area contributed by atoms with E-state index in [0.717, 1.165) is 23.6 Å². The maximum atomic E-state index is 5.82. The predicted octanol–water partition coefficient (Wildman–Crippen LogP) is 4.83. The smallest absolute Gasteiger partial charge is 0.123 e. The predicted molar refractivity (Wildman–Crippen MR) is 108 cm³/mol. The largest absolute Gasteiger partial charge is 0.496 e. The first-order chi connectivity index (χ1) is 13.2. The minimum atomic E-state index is 0.197. The third-order valence-electron chi connectivity index (χ3n) is 4.54. The molecule has 0 saturated carbocycles. The number of hydrogen-bond donors (Lipinski definition) is 1. The van der Waals surface area contributed by atoms with E-state index in [1.807, 2.05) is 30.3 Å². The second-order valence-corrected chi connectivity index (χ2v) is 6.64. The maximum absolute atomic E-state index is 5.82. The van der Waals surface area contributed by atoms with Crippen molar-refractivity contribution in [2.24, 2.45) is 0 Å². The fourth-order valence-electron chi connectivity index (χ4n) is 2.92. The van der Waals surface area contributed by atoms with Gasteiger partial charge >= 0.3 is 0 Å². The van der Waals surface area contributed by atoms with Crippen molar-refractivity contribution >= 4 is 0 Å². The molecule has 0 bridgehead atoms. The monoisotopic (exact) mass is 362 g/mol. The summed E-state index contributed by atoms with van der Waals surface area (Å²) in [6.45, 7) is 5.58. The van der Waals surface area contributed by atoms with Crippen LogP contribution in [0.3, 0.4) is 0 Å². The van der Waals surface area contributed by atoms with E-state index < -0.39 is 0 Å². The Kier molecular flexibility index (Phi) is 6.44.